The van der Waals surface area contributed by atoms with Crippen LogP contribution in [0.25, 0.3) is 0 Å². The number of fused-ring (bicyclic) bond motifs is 1. The highest BCUT2D eigenvalue weighted by Gasteiger charge is 2.38. The second kappa shape index (κ2) is 8.79. The van der Waals surface area contributed by atoms with Crippen molar-refractivity contribution in [3.05, 3.63) is 50.1 Å². The van der Waals surface area contributed by atoms with Gasteiger partial charge >= 0.3 is 0 Å². The summed E-state index contributed by atoms with van der Waals surface area (Å²) in [6.07, 6.45) is 2.79. The Labute approximate surface area is 191 Å². The number of thiophene rings is 1. The average Bonchev–Trinajstić information content (AvgIpc) is 3.21. The molecule has 0 radical (unpaired) electrons. The molecule has 5 nitrogen and oxygen atoms in total. The van der Waals surface area contributed by atoms with E-state index < -0.39 is 10.0 Å². The standard InChI is InChI=1S/C21H24Cl2N2O3S2/c1-2-18-15-9-13-29-19(15)8-12-25(18)21(26)14-6-10-24(11-7-14)30(27,28)20-16(22)4-3-5-17(20)23/h3-5,9,13-14,18H,2,6-8,10-12H2,1H3/t18-/m0/s1. The van der Waals surface area contributed by atoms with E-state index in [-0.39, 0.29) is 45.9 Å². The van der Waals surface area contributed by atoms with Crippen LogP contribution in [0.4, 0.5) is 0 Å². The highest BCUT2D eigenvalue weighted by Crippen LogP contribution is 2.38. The first-order valence-electron chi connectivity index (χ1n) is 10.2. The van der Waals surface area contributed by atoms with Crippen LogP contribution in [0, 0.1) is 5.92 Å². The van der Waals surface area contributed by atoms with Crippen LogP contribution in [0.1, 0.15) is 42.7 Å². The zero-order valence-electron chi connectivity index (χ0n) is 16.7. The number of sulfonamides is 1. The molecule has 0 N–H and O–H groups in total. The number of benzene rings is 1. The second-order valence-corrected chi connectivity index (χ2v) is 11.4. The molecule has 2 aromatic rings. The van der Waals surface area contributed by atoms with Crippen LogP contribution in [0.5, 0.6) is 0 Å². The smallest absolute Gasteiger partial charge is 0.246 e. The molecule has 1 saturated heterocycles. The maximum Gasteiger partial charge on any atom is 0.246 e. The normalized spacial score (nSPS) is 20.9. The first-order chi connectivity index (χ1) is 14.3. The van der Waals surface area contributed by atoms with Gasteiger partial charge in [-0.3, -0.25) is 4.79 Å². The Hall–Kier alpha value is -1.12. The van der Waals surface area contributed by atoms with Crippen LogP contribution < -0.4 is 0 Å². The van der Waals surface area contributed by atoms with Gasteiger partial charge in [0.05, 0.1) is 16.1 Å². The minimum atomic E-state index is -3.80. The van der Waals surface area contributed by atoms with Gasteiger partial charge in [-0.25, -0.2) is 8.42 Å². The molecule has 0 spiro atoms. The number of hydrogen-bond acceptors (Lipinski definition) is 4. The Morgan fingerprint density at radius 2 is 1.80 bits per heavy atom. The minimum Gasteiger partial charge on any atom is -0.335 e. The number of rotatable bonds is 4. The molecule has 162 valence electrons. The monoisotopic (exact) mass is 486 g/mol. The van der Waals surface area contributed by atoms with Crippen LogP contribution in [-0.4, -0.2) is 43.2 Å². The SMILES string of the molecule is CC[C@H]1c2ccsc2CCN1C(=O)C1CCN(S(=O)(=O)c2c(Cl)cccc2Cl)CC1. The topological polar surface area (TPSA) is 57.7 Å². The molecule has 1 fully saturated rings. The number of nitrogens with zero attached hydrogens (tertiary/aromatic N) is 2. The van der Waals surface area contributed by atoms with Crippen LogP contribution in [0.15, 0.2) is 34.5 Å². The van der Waals surface area contributed by atoms with Crippen molar-refractivity contribution in [2.45, 2.75) is 43.5 Å². The summed E-state index contributed by atoms with van der Waals surface area (Å²) in [6, 6.07) is 6.93. The summed E-state index contributed by atoms with van der Waals surface area (Å²) in [5.74, 6) is -0.0149. The fourth-order valence-corrected chi connectivity index (χ4v) is 8.03. The first kappa shape index (κ1) is 22.1. The summed E-state index contributed by atoms with van der Waals surface area (Å²) < 4.78 is 27.5. The van der Waals surface area contributed by atoms with E-state index in [0.29, 0.717) is 12.8 Å². The molecule has 30 heavy (non-hydrogen) atoms. The van der Waals surface area contributed by atoms with Gasteiger partial charge in [-0.2, -0.15) is 4.31 Å². The first-order valence-corrected chi connectivity index (χ1v) is 13.2. The molecule has 0 saturated carbocycles. The molecule has 0 bridgehead atoms. The van der Waals surface area contributed by atoms with E-state index in [9.17, 15) is 13.2 Å². The molecule has 3 heterocycles. The zero-order valence-corrected chi connectivity index (χ0v) is 19.8. The van der Waals surface area contributed by atoms with Crippen molar-refractivity contribution in [1.82, 2.24) is 9.21 Å². The van der Waals surface area contributed by atoms with Gasteiger partial charge in [-0.1, -0.05) is 36.2 Å². The fourth-order valence-electron chi connectivity index (χ4n) is 4.54. The fraction of sp³-hybridized carbons (Fsp3) is 0.476. The predicted octanol–water partition coefficient (Wildman–Crippen LogP) is 4.99. The van der Waals surface area contributed by atoms with Crippen LogP contribution in [-0.2, 0) is 21.2 Å². The van der Waals surface area contributed by atoms with E-state index in [1.54, 1.807) is 17.4 Å². The molecule has 9 heteroatoms. The third-order valence-corrected chi connectivity index (χ3v) is 9.94. The molecular weight excluding hydrogens is 463 g/mol. The van der Waals surface area contributed by atoms with Gasteiger partial charge in [0.25, 0.3) is 0 Å². The Kier molecular flexibility index (Phi) is 6.47. The Morgan fingerprint density at radius 3 is 2.43 bits per heavy atom. The molecule has 1 amide bonds. The minimum absolute atomic E-state index is 0.0508. The van der Waals surface area contributed by atoms with E-state index in [1.165, 1.54) is 26.9 Å². The molecule has 1 aromatic heterocycles. The molecule has 2 aliphatic rings. The highest BCUT2D eigenvalue weighted by atomic mass is 35.5. The summed E-state index contributed by atoms with van der Waals surface area (Å²) in [5, 5.41) is 2.34. The van der Waals surface area contributed by atoms with Crippen molar-refractivity contribution in [2.75, 3.05) is 19.6 Å². The quantitative estimate of drug-likeness (QED) is 0.611. The molecular formula is C21H24Cl2N2O3S2. The highest BCUT2D eigenvalue weighted by molar-refractivity contribution is 7.89. The van der Waals surface area contributed by atoms with Crippen LogP contribution in [0.2, 0.25) is 10.0 Å². The number of hydrogen-bond donors (Lipinski definition) is 0. The maximum absolute atomic E-state index is 13.3. The summed E-state index contributed by atoms with van der Waals surface area (Å²) in [4.78, 5) is 16.6. The lowest BCUT2D eigenvalue weighted by Crippen LogP contribution is -2.47. The van der Waals surface area contributed by atoms with Crippen LogP contribution in [0.3, 0.4) is 0 Å². The molecule has 0 unspecified atom stereocenters. The van der Waals surface area contributed by atoms with Gasteiger partial charge in [-0.15, -0.1) is 11.3 Å². The number of carbonyl (C=O) groups excluding carboxylic acids is 1. The largest absolute Gasteiger partial charge is 0.335 e. The lowest BCUT2D eigenvalue weighted by Gasteiger charge is -2.39. The van der Waals surface area contributed by atoms with Crippen molar-refractivity contribution in [3.8, 4) is 0 Å². The Balaban J connectivity index is 1.46. The lowest BCUT2D eigenvalue weighted by atomic mass is 9.92. The van der Waals surface area contributed by atoms with Gasteiger partial charge in [-0.05, 0) is 54.8 Å². The maximum atomic E-state index is 13.3. The van der Waals surface area contributed by atoms with Crippen molar-refractivity contribution < 1.29 is 13.2 Å². The van der Waals surface area contributed by atoms with Crippen molar-refractivity contribution in [3.63, 3.8) is 0 Å². The molecule has 2 aliphatic heterocycles. The number of piperidine rings is 1. The van der Waals surface area contributed by atoms with E-state index in [4.69, 9.17) is 23.2 Å². The van der Waals surface area contributed by atoms with Crippen molar-refractivity contribution in [1.29, 1.82) is 0 Å². The number of amides is 1. The predicted molar refractivity (Wildman–Crippen MR) is 121 cm³/mol. The van der Waals surface area contributed by atoms with E-state index in [0.717, 1.165) is 19.4 Å². The van der Waals surface area contributed by atoms with E-state index in [2.05, 4.69) is 18.4 Å². The summed E-state index contributed by atoms with van der Waals surface area (Å²) in [6.45, 7) is 3.42. The molecule has 4 rings (SSSR count). The number of carbonyl (C=O) groups is 1. The van der Waals surface area contributed by atoms with Gasteiger partial charge in [0.2, 0.25) is 15.9 Å². The lowest BCUT2D eigenvalue weighted by molar-refractivity contribution is -0.139. The van der Waals surface area contributed by atoms with Gasteiger partial charge in [0, 0.05) is 30.4 Å². The van der Waals surface area contributed by atoms with E-state index >= 15 is 0 Å². The average molecular weight is 487 g/mol. The summed E-state index contributed by atoms with van der Waals surface area (Å²) in [5.41, 5.74) is 1.27. The molecule has 0 aliphatic carbocycles. The van der Waals surface area contributed by atoms with Crippen molar-refractivity contribution >= 4 is 50.5 Å². The van der Waals surface area contributed by atoms with Gasteiger partial charge in [0.1, 0.15) is 4.90 Å². The Morgan fingerprint density at radius 1 is 1.13 bits per heavy atom. The van der Waals surface area contributed by atoms with Gasteiger partial charge in [0.15, 0.2) is 0 Å². The summed E-state index contributed by atoms with van der Waals surface area (Å²) in [7, 11) is -3.80. The second-order valence-electron chi connectivity index (χ2n) is 7.73. The van der Waals surface area contributed by atoms with Crippen LogP contribution >= 0.6 is 34.5 Å². The van der Waals surface area contributed by atoms with Gasteiger partial charge < -0.3 is 4.90 Å². The third-order valence-electron chi connectivity index (χ3n) is 6.08. The third kappa shape index (κ3) is 3.91. The van der Waals surface area contributed by atoms with E-state index in [1.807, 2.05) is 4.90 Å². The Bertz CT molecular complexity index is 1030. The molecule has 1 aromatic carbocycles. The zero-order chi connectivity index (χ0) is 21.5. The number of halogens is 2. The molecule has 1 atom stereocenters. The van der Waals surface area contributed by atoms with Crippen molar-refractivity contribution in [2.24, 2.45) is 5.92 Å². The summed E-state index contributed by atoms with van der Waals surface area (Å²) >= 11 is 14.0.